The number of hydrogen-bond acceptors (Lipinski definition) is 6. The van der Waals surface area contributed by atoms with Crippen LogP contribution in [0.25, 0.3) is 0 Å². The smallest absolute Gasteiger partial charge is 0.335 e. The summed E-state index contributed by atoms with van der Waals surface area (Å²) in [5.41, 5.74) is 0. The standard InChI is InChI=1S/C15H31NO6P/c1-5-6-8-21-14(18)12-13(17)15(19)22-9-11-23(20)10-7-16(2,3)4/h13,17,23H,5-12H2,1-4H3/q+1. The Morgan fingerprint density at radius 1 is 1.13 bits per heavy atom. The van der Waals surface area contributed by atoms with Gasteiger partial charge in [-0.1, -0.05) is 13.3 Å². The van der Waals surface area contributed by atoms with Crippen LogP contribution in [-0.2, 0) is 23.6 Å². The largest absolute Gasteiger partial charge is 0.466 e. The highest BCUT2D eigenvalue weighted by Gasteiger charge is 2.21. The molecule has 0 aromatic heterocycles. The molecule has 136 valence electrons. The second-order valence-electron chi connectivity index (χ2n) is 6.51. The molecule has 1 N–H and O–H groups in total. The lowest BCUT2D eigenvalue weighted by atomic mass is 10.2. The quantitative estimate of drug-likeness (QED) is 0.243. The fourth-order valence-corrected chi connectivity index (χ4v) is 3.08. The van der Waals surface area contributed by atoms with E-state index in [-0.39, 0.29) is 13.2 Å². The molecule has 0 fully saturated rings. The molecule has 2 atom stereocenters. The minimum Gasteiger partial charge on any atom is -0.466 e. The molecule has 0 amide bonds. The van der Waals surface area contributed by atoms with Gasteiger partial charge in [-0.05, 0) is 6.42 Å². The fraction of sp³-hybridized carbons (Fsp3) is 0.867. The molecule has 0 aromatic carbocycles. The minimum atomic E-state index is -1.80. The molecular formula is C15H31NO6P+. The molecule has 7 nitrogen and oxygen atoms in total. The summed E-state index contributed by atoms with van der Waals surface area (Å²) < 4.78 is 22.3. The molecule has 0 heterocycles. The number of ether oxygens (including phenoxy) is 2. The number of nitrogens with zero attached hydrogens (tertiary/aromatic N) is 1. The zero-order chi connectivity index (χ0) is 17.9. The van der Waals surface area contributed by atoms with Crippen LogP contribution in [0.5, 0.6) is 0 Å². The van der Waals surface area contributed by atoms with Crippen LogP contribution in [0.2, 0.25) is 0 Å². The lowest BCUT2D eigenvalue weighted by Crippen LogP contribution is -2.36. The van der Waals surface area contributed by atoms with Crippen LogP contribution in [0, 0.1) is 0 Å². The highest BCUT2D eigenvalue weighted by molar-refractivity contribution is 7.44. The number of unbranched alkanes of at least 4 members (excludes halogenated alkanes) is 1. The number of hydrogen-bond donors (Lipinski definition) is 1. The molecule has 0 bridgehead atoms. The summed E-state index contributed by atoms with van der Waals surface area (Å²) in [6, 6.07) is 0. The van der Waals surface area contributed by atoms with Crippen LogP contribution in [0.1, 0.15) is 26.2 Å². The Balaban J connectivity index is 3.87. The zero-order valence-electron chi connectivity index (χ0n) is 14.7. The van der Waals surface area contributed by atoms with Gasteiger partial charge in [0.15, 0.2) is 6.10 Å². The van der Waals surface area contributed by atoms with Crippen molar-refractivity contribution in [3.8, 4) is 0 Å². The molecule has 0 rings (SSSR count). The van der Waals surface area contributed by atoms with E-state index >= 15 is 0 Å². The van der Waals surface area contributed by atoms with E-state index in [4.69, 9.17) is 9.47 Å². The molecular weight excluding hydrogens is 321 g/mol. The fourth-order valence-electron chi connectivity index (χ4n) is 1.58. The van der Waals surface area contributed by atoms with Crippen molar-refractivity contribution in [2.45, 2.75) is 32.3 Å². The van der Waals surface area contributed by atoms with E-state index in [0.29, 0.717) is 12.3 Å². The van der Waals surface area contributed by atoms with Crippen molar-refractivity contribution in [3.05, 3.63) is 0 Å². The first-order chi connectivity index (χ1) is 10.7. The lowest BCUT2D eigenvalue weighted by Gasteiger charge is -2.23. The monoisotopic (exact) mass is 352 g/mol. The van der Waals surface area contributed by atoms with Crippen molar-refractivity contribution in [2.75, 3.05) is 53.2 Å². The summed E-state index contributed by atoms with van der Waals surface area (Å²) in [6.45, 7) is 3.03. The van der Waals surface area contributed by atoms with Crippen LogP contribution in [0.15, 0.2) is 0 Å². The SMILES string of the molecule is CCCCOC(=O)CC(O)C(=O)OCC[PH](=O)CC[N+](C)(C)C. The van der Waals surface area contributed by atoms with Crippen LogP contribution in [0.3, 0.4) is 0 Å². The van der Waals surface area contributed by atoms with E-state index in [1.165, 1.54) is 0 Å². The Morgan fingerprint density at radius 2 is 1.78 bits per heavy atom. The van der Waals surface area contributed by atoms with E-state index in [9.17, 15) is 19.3 Å². The Labute approximate surface area is 139 Å². The van der Waals surface area contributed by atoms with Crippen molar-refractivity contribution in [3.63, 3.8) is 0 Å². The number of quaternary nitrogens is 1. The summed E-state index contributed by atoms with van der Waals surface area (Å²) in [5.74, 6) is -1.50. The molecule has 0 saturated carbocycles. The summed E-state index contributed by atoms with van der Waals surface area (Å²) in [5, 5.41) is 9.57. The highest BCUT2D eigenvalue weighted by Crippen LogP contribution is 2.20. The Bertz CT molecular complexity index is 394. The van der Waals surface area contributed by atoms with Gasteiger partial charge in [-0.15, -0.1) is 0 Å². The first-order valence-electron chi connectivity index (χ1n) is 7.98. The van der Waals surface area contributed by atoms with Crippen LogP contribution < -0.4 is 0 Å². The second kappa shape index (κ2) is 11.6. The topological polar surface area (TPSA) is 89.9 Å². The van der Waals surface area contributed by atoms with Crippen molar-refractivity contribution >= 4 is 19.7 Å². The van der Waals surface area contributed by atoms with Crippen molar-refractivity contribution in [1.82, 2.24) is 0 Å². The van der Waals surface area contributed by atoms with Gasteiger partial charge in [0.1, 0.15) is 0 Å². The summed E-state index contributed by atoms with van der Waals surface area (Å²) in [7, 11) is 4.26. The lowest BCUT2D eigenvalue weighted by molar-refractivity contribution is -0.867. The Hall–Kier alpha value is -0.910. The third-order valence-electron chi connectivity index (χ3n) is 3.08. The zero-order valence-corrected chi connectivity index (χ0v) is 15.7. The maximum absolute atomic E-state index is 11.8. The third kappa shape index (κ3) is 13.2. The van der Waals surface area contributed by atoms with Crippen molar-refractivity contribution in [2.24, 2.45) is 0 Å². The van der Waals surface area contributed by atoms with E-state index in [1.807, 2.05) is 28.1 Å². The second-order valence-corrected chi connectivity index (χ2v) is 8.59. The number of rotatable bonds is 12. The van der Waals surface area contributed by atoms with Gasteiger partial charge >= 0.3 is 11.9 Å². The predicted molar refractivity (Wildman–Crippen MR) is 89.1 cm³/mol. The maximum atomic E-state index is 11.8. The van der Waals surface area contributed by atoms with Gasteiger partial charge in [-0.2, -0.15) is 0 Å². The third-order valence-corrected chi connectivity index (χ3v) is 4.62. The number of esters is 2. The molecule has 23 heavy (non-hydrogen) atoms. The summed E-state index contributed by atoms with van der Waals surface area (Å²) in [4.78, 5) is 22.9. The average Bonchev–Trinajstić information content (AvgIpc) is 2.44. The first kappa shape index (κ1) is 22.1. The van der Waals surface area contributed by atoms with Crippen molar-refractivity contribution < 1.29 is 33.2 Å². The van der Waals surface area contributed by atoms with E-state index in [2.05, 4.69) is 0 Å². The molecule has 0 aliphatic rings. The molecule has 0 aromatic rings. The molecule has 0 aliphatic heterocycles. The number of carbonyl (C=O) groups is 2. The molecule has 0 spiro atoms. The molecule has 0 aliphatic carbocycles. The van der Waals surface area contributed by atoms with E-state index < -0.39 is 32.3 Å². The van der Waals surface area contributed by atoms with Crippen LogP contribution in [0.4, 0.5) is 0 Å². The summed E-state index contributed by atoms with van der Waals surface area (Å²) in [6.07, 6.45) is 0.582. The molecule has 2 unspecified atom stereocenters. The van der Waals surface area contributed by atoms with E-state index in [0.717, 1.165) is 23.9 Å². The van der Waals surface area contributed by atoms with E-state index in [1.54, 1.807) is 0 Å². The normalized spacial score (nSPS) is 14.1. The van der Waals surface area contributed by atoms with Gasteiger partial charge < -0.3 is 23.6 Å². The van der Waals surface area contributed by atoms with Gasteiger partial charge in [-0.25, -0.2) is 4.79 Å². The summed E-state index contributed by atoms with van der Waals surface area (Å²) >= 11 is 0. The van der Waals surface area contributed by atoms with Gasteiger partial charge in [-0.3, -0.25) is 4.79 Å². The van der Waals surface area contributed by atoms with Crippen LogP contribution in [-0.4, -0.2) is 80.9 Å². The predicted octanol–water partition coefficient (Wildman–Crippen LogP) is 0.890. The van der Waals surface area contributed by atoms with Gasteiger partial charge in [0.05, 0.1) is 55.1 Å². The molecule has 8 heteroatoms. The minimum absolute atomic E-state index is 0.00425. The Morgan fingerprint density at radius 3 is 2.35 bits per heavy atom. The first-order valence-corrected chi connectivity index (χ1v) is 9.80. The maximum Gasteiger partial charge on any atom is 0.335 e. The Kier molecular flexibility index (Phi) is 11.1. The van der Waals surface area contributed by atoms with Gasteiger partial charge in [0, 0.05) is 12.3 Å². The van der Waals surface area contributed by atoms with Gasteiger partial charge in [0.2, 0.25) is 0 Å². The molecule has 0 radical (unpaired) electrons. The highest BCUT2D eigenvalue weighted by atomic mass is 31.1. The number of carbonyl (C=O) groups excluding carboxylic acids is 2. The number of aliphatic hydroxyl groups is 1. The molecule has 0 saturated heterocycles. The van der Waals surface area contributed by atoms with Gasteiger partial charge in [0.25, 0.3) is 0 Å². The average molecular weight is 352 g/mol. The van der Waals surface area contributed by atoms with Crippen LogP contribution >= 0.6 is 7.80 Å². The van der Waals surface area contributed by atoms with Crippen molar-refractivity contribution in [1.29, 1.82) is 0 Å². The number of aliphatic hydroxyl groups excluding tert-OH is 1.